The molecule has 0 saturated carbocycles. The summed E-state index contributed by atoms with van der Waals surface area (Å²) in [7, 11) is 3.10. The van der Waals surface area contributed by atoms with E-state index in [9.17, 15) is 9.59 Å². The van der Waals surface area contributed by atoms with E-state index in [1.807, 2.05) is 13.8 Å². The first-order valence-electron chi connectivity index (χ1n) is 7.90. The van der Waals surface area contributed by atoms with Gasteiger partial charge < -0.3 is 19.5 Å². The molecule has 0 spiro atoms. The van der Waals surface area contributed by atoms with Crippen molar-refractivity contribution in [1.82, 2.24) is 5.32 Å². The van der Waals surface area contributed by atoms with Gasteiger partial charge in [0.25, 0.3) is 5.91 Å². The van der Waals surface area contributed by atoms with Gasteiger partial charge in [-0.3, -0.25) is 4.79 Å². The highest BCUT2D eigenvalue weighted by molar-refractivity contribution is 5.89. The molecule has 0 heterocycles. The van der Waals surface area contributed by atoms with Crippen LogP contribution in [-0.4, -0.2) is 38.7 Å². The largest absolute Gasteiger partial charge is 0.497 e. The Morgan fingerprint density at radius 3 is 2.46 bits per heavy atom. The summed E-state index contributed by atoms with van der Waals surface area (Å²) in [5, 5.41) is 2.80. The number of rotatable bonds is 9. The van der Waals surface area contributed by atoms with Gasteiger partial charge in [-0.25, -0.2) is 4.79 Å². The highest BCUT2D eigenvalue weighted by Crippen LogP contribution is 2.25. The summed E-state index contributed by atoms with van der Waals surface area (Å²) < 4.78 is 15.3. The van der Waals surface area contributed by atoms with Crippen LogP contribution in [0.25, 0.3) is 6.08 Å². The molecule has 0 aliphatic carbocycles. The van der Waals surface area contributed by atoms with Crippen LogP contribution < -0.4 is 14.8 Å². The van der Waals surface area contributed by atoms with Crippen molar-refractivity contribution >= 4 is 18.0 Å². The number of nitrogens with one attached hydrogen (secondary N) is 1. The van der Waals surface area contributed by atoms with Crippen LogP contribution in [0.1, 0.15) is 32.3 Å². The summed E-state index contributed by atoms with van der Waals surface area (Å²) in [5.41, 5.74) is 0.676. The molecule has 1 aromatic carbocycles. The van der Waals surface area contributed by atoms with E-state index in [0.29, 0.717) is 17.1 Å². The normalized spacial score (nSPS) is 10.7. The molecule has 0 bridgehead atoms. The smallest absolute Gasteiger partial charge is 0.331 e. The summed E-state index contributed by atoms with van der Waals surface area (Å²) in [6.07, 6.45) is 4.49. The van der Waals surface area contributed by atoms with E-state index in [2.05, 4.69) is 5.32 Å². The lowest BCUT2D eigenvalue weighted by Crippen LogP contribution is -2.36. The van der Waals surface area contributed by atoms with Crippen LogP contribution in [0.15, 0.2) is 24.3 Å². The summed E-state index contributed by atoms with van der Waals surface area (Å²) in [6, 6.07) is 5.35. The number of amides is 1. The second kappa shape index (κ2) is 10.3. The van der Waals surface area contributed by atoms with Crippen molar-refractivity contribution in [2.75, 3.05) is 20.8 Å². The van der Waals surface area contributed by atoms with Gasteiger partial charge in [0.2, 0.25) is 0 Å². The predicted molar refractivity (Wildman–Crippen MR) is 92.1 cm³/mol. The first-order valence-corrected chi connectivity index (χ1v) is 7.90. The lowest BCUT2D eigenvalue weighted by Gasteiger charge is -2.14. The van der Waals surface area contributed by atoms with Crippen molar-refractivity contribution in [2.24, 2.45) is 0 Å². The molecular weight excluding hydrogens is 310 g/mol. The summed E-state index contributed by atoms with van der Waals surface area (Å²) in [6.45, 7) is 3.68. The Labute approximate surface area is 142 Å². The Bertz CT molecular complexity index is 579. The van der Waals surface area contributed by atoms with Gasteiger partial charge in [0.05, 0.1) is 14.2 Å². The molecule has 0 aromatic heterocycles. The molecule has 1 aromatic rings. The highest BCUT2D eigenvalue weighted by atomic mass is 16.5. The third-order valence-corrected chi connectivity index (χ3v) is 3.53. The Kier molecular flexibility index (Phi) is 8.39. The topological polar surface area (TPSA) is 73.9 Å². The molecule has 0 atom stereocenters. The lowest BCUT2D eigenvalue weighted by atomic mass is 10.1. The molecule has 0 radical (unpaired) electrons. The van der Waals surface area contributed by atoms with Gasteiger partial charge in [0, 0.05) is 17.7 Å². The van der Waals surface area contributed by atoms with Crippen molar-refractivity contribution in [1.29, 1.82) is 0 Å². The maximum atomic E-state index is 11.7. The van der Waals surface area contributed by atoms with Crippen LogP contribution in [0.2, 0.25) is 0 Å². The predicted octanol–water partition coefficient (Wildman–Crippen LogP) is 2.57. The van der Waals surface area contributed by atoms with Crippen LogP contribution >= 0.6 is 0 Å². The van der Waals surface area contributed by atoms with Crippen LogP contribution in [0.5, 0.6) is 11.5 Å². The minimum absolute atomic E-state index is 0.104. The minimum atomic E-state index is -0.598. The van der Waals surface area contributed by atoms with E-state index in [-0.39, 0.29) is 18.6 Å². The number of hydrogen-bond donors (Lipinski definition) is 1. The molecule has 132 valence electrons. The molecule has 1 amide bonds. The zero-order chi connectivity index (χ0) is 17.9. The fourth-order valence-corrected chi connectivity index (χ4v) is 2.07. The number of esters is 1. The second-order valence-electron chi connectivity index (χ2n) is 5.13. The van der Waals surface area contributed by atoms with Gasteiger partial charge >= 0.3 is 5.97 Å². The number of carbonyl (C=O) groups is 2. The van der Waals surface area contributed by atoms with E-state index >= 15 is 0 Å². The van der Waals surface area contributed by atoms with E-state index in [1.165, 1.54) is 6.08 Å². The number of methoxy groups -OCH3 is 2. The zero-order valence-corrected chi connectivity index (χ0v) is 14.6. The molecule has 0 aliphatic rings. The van der Waals surface area contributed by atoms with Crippen LogP contribution in [-0.2, 0) is 14.3 Å². The molecular formula is C18H25NO5. The average molecular weight is 335 g/mol. The van der Waals surface area contributed by atoms with Crippen molar-refractivity contribution in [2.45, 2.75) is 32.7 Å². The molecule has 0 aliphatic heterocycles. The quantitative estimate of drug-likeness (QED) is 0.554. The van der Waals surface area contributed by atoms with Gasteiger partial charge in [-0.1, -0.05) is 13.8 Å². The summed E-state index contributed by atoms with van der Waals surface area (Å²) >= 11 is 0. The van der Waals surface area contributed by atoms with Gasteiger partial charge in [-0.2, -0.15) is 0 Å². The molecule has 0 saturated heterocycles. The van der Waals surface area contributed by atoms with Crippen molar-refractivity contribution < 1.29 is 23.8 Å². The molecule has 6 nitrogen and oxygen atoms in total. The van der Waals surface area contributed by atoms with Gasteiger partial charge in [0.15, 0.2) is 6.61 Å². The number of carbonyl (C=O) groups excluding carboxylic acids is 2. The Morgan fingerprint density at radius 1 is 1.17 bits per heavy atom. The molecule has 1 rings (SSSR count). The van der Waals surface area contributed by atoms with E-state index < -0.39 is 5.97 Å². The molecule has 6 heteroatoms. The molecule has 0 unspecified atom stereocenters. The van der Waals surface area contributed by atoms with Gasteiger partial charge in [0.1, 0.15) is 11.5 Å². The SMILES string of the molecule is CCC(CC)NC(=O)COC(=O)/C=C/c1cc(OC)ccc1OC. The molecule has 24 heavy (non-hydrogen) atoms. The maximum absolute atomic E-state index is 11.7. The molecule has 1 N–H and O–H groups in total. The fourth-order valence-electron chi connectivity index (χ4n) is 2.07. The first kappa shape index (κ1) is 19.5. The van der Waals surface area contributed by atoms with E-state index in [1.54, 1.807) is 38.5 Å². The monoisotopic (exact) mass is 335 g/mol. The highest BCUT2D eigenvalue weighted by Gasteiger charge is 2.10. The summed E-state index contributed by atoms with van der Waals surface area (Å²) in [5.74, 6) is 0.351. The van der Waals surface area contributed by atoms with Gasteiger partial charge in [-0.05, 0) is 37.1 Å². The lowest BCUT2D eigenvalue weighted by molar-refractivity contribution is -0.144. The fraction of sp³-hybridized carbons (Fsp3) is 0.444. The first-order chi connectivity index (χ1) is 11.5. The third kappa shape index (κ3) is 6.32. The minimum Gasteiger partial charge on any atom is -0.497 e. The van der Waals surface area contributed by atoms with E-state index in [4.69, 9.17) is 14.2 Å². The second-order valence-corrected chi connectivity index (χ2v) is 5.13. The standard InChI is InChI=1S/C18H25NO5/c1-5-14(6-2)19-17(20)12-24-18(21)10-7-13-11-15(22-3)8-9-16(13)23-4/h7-11,14H,5-6,12H2,1-4H3,(H,19,20)/b10-7+. The van der Waals surface area contributed by atoms with E-state index in [0.717, 1.165) is 12.8 Å². The average Bonchev–Trinajstić information content (AvgIpc) is 2.62. The van der Waals surface area contributed by atoms with Crippen molar-refractivity contribution in [3.63, 3.8) is 0 Å². The zero-order valence-electron chi connectivity index (χ0n) is 14.6. The maximum Gasteiger partial charge on any atom is 0.331 e. The van der Waals surface area contributed by atoms with Crippen LogP contribution in [0.3, 0.4) is 0 Å². The number of benzene rings is 1. The number of hydrogen-bond acceptors (Lipinski definition) is 5. The number of ether oxygens (including phenoxy) is 3. The van der Waals surface area contributed by atoms with Crippen molar-refractivity contribution in [3.05, 3.63) is 29.8 Å². The third-order valence-electron chi connectivity index (χ3n) is 3.53. The Hall–Kier alpha value is -2.50. The van der Waals surface area contributed by atoms with Crippen LogP contribution in [0.4, 0.5) is 0 Å². The summed E-state index contributed by atoms with van der Waals surface area (Å²) in [4.78, 5) is 23.4. The molecule has 0 fully saturated rings. The van der Waals surface area contributed by atoms with Gasteiger partial charge in [-0.15, -0.1) is 0 Å². The van der Waals surface area contributed by atoms with Crippen LogP contribution in [0, 0.1) is 0 Å². The van der Waals surface area contributed by atoms with Crippen molar-refractivity contribution in [3.8, 4) is 11.5 Å². The Balaban J connectivity index is 2.58. The Morgan fingerprint density at radius 2 is 1.88 bits per heavy atom.